The predicted octanol–water partition coefficient (Wildman–Crippen LogP) is 14.1. The minimum atomic E-state index is 1.22. The summed E-state index contributed by atoms with van der Waals surface area (Å²) in [7, 11) is 0. The first-order chi connectivity index (χ1) is 24.8. The Hall–Kier alpha value is -6.50. The van der Waals surface area contributed by atoms with E-state index in [1.54, 1.807) is 0 Å². The van der Waals surface area contributed by atoms with Crippen molar-refractivity contribution in [1.29, 1.82) is 0 Å². The lowest BCUT2D eigenvalue weighted by Crippen LogP contribution is -1.93. The Morgan fingerprint density at radius 3 is 1.46 bits per heavy atom. The van der Waals surface area contributed by atoms with Crippen LogP contribution < -0.4 is 0 Å². The second-order valence-electron chi connectivity index (χ2n) is 13.3. The maximum Gasteiger partial charge on any atom is -0.00199 e. The van der Waals surface area contributed by atoms with E-state index in [1.165, 1.54) is 98.4 Å². The molecule has 0 saturated carbocycles. The highest BCUT2D eigenvalue weighted by molar-refractivity contribution is 6.25. The SMILES string of the molecule is c1ccc(-c2ccc(-c3c4ccccc4c(-c4cccc5cc6c(ccc7ccccc76)cc45)c4cc(-c5ccccc5)ccc34)cc2)cc1. The standard InChI is InChI=1S/C50H32/c1-3-12-33(13-4-1)35-22-25-37(26-23-35)49-42-19-9-10-20-43(42)50(48-30-38(28-29-45(48)49)34-14-5-2-6-15-34)44-21-11-17-39-31-46-40(32-47(39)44)27-24-36-16-7-8-18-41(36)46/h1-32H. The van der Waals surface area contributed by atoms with E-state index in [0.717, 1.165) is 0 Å². The molecule has 0 aliphatic carbocycles. The van der Waals surface area contributed by atoms with E-state index in [9.17, 15) is 0 Å². The number of rotatable bonds is 4. The summed E-state index contributed by atoms with van der Waals surface area (Å²) in [4.78, 5) is 0. The summed E-state index contributed by atoms with van der Waals surface area (Å²) < 4.78 is 0. The first-order valence-electron chi connectivity index (χ1n) is 17.3. The summed E-state index contributed by atoms with van der Waals surface area (Å²) in [5.74, 6) is 0. The van der Waals surface area contributed by atoms with Crippen LogP contribution in [-0.2, 0) is 0 Å². The molecule has 0 aliphatic rings. The van der Waals surface area contributed by atoms with Gasteiger partial charge >= 0.3 is 0 Å². The molecule has 0 radical (unpaired) electrons. The fourth-order valence-electron chi connectivity index (χ4n) is 8.05. The van der Waals surface area contributed by atoms with Crippen LogP contribution in [0.25, 0.3) is 98.4 Å². The molecule has 0 nitrogen and oxygen atoms in total. The van der Waals surface area contributed by atoms with Crippen molar-refractivity contribution in [2.75, 3.05) is 0 Å². The second-order valence-corrected chi connectivity index (χ2v) is 13.3. The number of benzene rings is 10. The van der Waals surface area contributed by atoms with Crippen LogP contribution in [0.1, 0.15) is 0 Å². The molecular formula is C50H32. The van der Waals surface area contributed by atoms with Crippen molar-refractivity contribution < 1.29 is 0 Å². The van der Waals surface area contributed by atoms with Gasteiger partial charge in [-0.15, -0.1) is 0 Å². The predicted molar refractivity (Wildman–Crippen MR) is 216 cm³/mol. The zero-order chi connectivity index (χ0) is 33.0. The van der Waals surface area contributed by atoms with Crippen LogP contribution in [0.2, 0.25) is 0 Å². The normalized spacial score (nSPS) is 11.6. The minimum Gasteiger partial charge on any atom is -0.0622 e. The monoisotopic (exact) mass is 632 g/mol. The van der Waals surface area contributed by atoms with Crippen LogP contribution in [-0.4, -0.2) is 0 Å². The summed E-state index contributed by atoms with van der Waals surface area (Å²) in [5.41, 5.74) is 9.93. The van der Waals surface area contributed by atoms with Gasteiger partial charge in [-0.05, 0) is 117 Å². The fourth-order valence-corrected chi connectivity index (χ4v) is 8.05. The summed E-state index contributed by atoms with van der Waals surface area (Å²) in [6.07, 6.45) is 0. The molecule has 0 saturated heterocycles. The highest BCUT2D eigenvalue weighted by Crippen LogP contribution is 2.47. The first-order valence-corrected chi connectivity index (χ1v) is 17.3. The summed E-state index contributed by atoms with van der Waals surface area (Å²) in [6, 6.07) is 71.4. The van der Waals surface area contributed by atoms with Crippen molar-refractivity contribution in [2.24, 2.45) is 0 Å². The molecule has 10 rings (SSSR count). The molecule has 232 valence electrons. The molecule has 0 heterocycles. The Bertz CT molecular complexity index is 2880. The average molecular weight is 633 g/mol. The molecular weight excluding hydrogens is 601 g/mol. The lowest BCUT2D eigenvalue weighted by atomic mass is 9.83. The largest absolute Gasteiger partial charge is 0.0622 e. The number of fused-ring (bicyclic) bond motifs is 6. The quantitative estimate of drug-likeness (QED) is 0.134. The minimum absolute atomic E-state index is 1.22. The van der Waals surface area contributed by atoms with Gasteiger partial charge in [0.2, 0.25) is 0 Å². The molecule has 0 atom stereocenters. The maximum absolute atomic E-state index is 2.42. The van der Waals surface area contributed by atoms with Crippen molar-refractivity contribution >= 4 is 53.9 Å². The van der Waals surface area contributed by atoms with E-state index in [4.69, 9.17) is 0 Å². The highest BCUT2D eigenvalue weighted by Gasteiger charge is 2.19. The zero-order valence-electron chi connectivity index (χ0n) is 27.5. The van der Waals surface area contributed by atoms with Gasteiger partial charge in [-0.25, -0.2) is 0 Å². The third-order valence-corrected chi connectivity index (χ3v) is 10.4. The molecule has 0 amide bonds. The third kappa shape index (κ3) is 4.61. The molecule has 10 aromatic carbocycles. The van der Waals surface area contributed by atoms with Crippen LogP contribution in [0, 0.1) is 0 Å². The van der Waals surface area contributed by atoms with Crippen LogP contribution in [0.4, 0.5) is 0 Å². The molecule has 0 aliphatic heterocycles. The van der Waals surface area contributed by atoms with Crippen molar-refractivity contribution in [2.45, 2.75) is 0 Å². The van der Waals surface area contributed by atoms with E-state index >= 15 is 0 Å². The summed E-state index contributed by atoms with van der Waals surface area (Å²) in [5, 5.41) is 12.7. The van der Waals surface area contributed by atoms with Gasteiger partial charge in [0.15, 0.2) is 0 Å². The van der Waals surface area contributed by atoms with Crippen LogP contribution in [0.15, 0.2) is 194 Å². The molecule has 0 aromatic heterocycles. The molecule has 0 fully saturated rings. The smallest absolute Gasteiger partial charge is 0.00199 e. The Labute approximate surface area is 291 Å². The van der Waals surface area contributed by atoms with E-state index < -0.39 is 0 Å². The Morgan fingerprint density at radius 2 is 0.700 bits per heavy atom. The van der Waals surface area contributed by atoms with Gasteiger partial charge in [0.05, 0.1) is 0 Å². The van der Waals surface area contributed by atoms with Crippen molar-refractivity contribution in [3.05, 3.63) is 194 Å². The van der Waals surface area contributed by atoms with Gasteiger partial charge in [-0.2, -0.15) is 0 Å². The molecule has 10 aromatic rings. The molecule has 0 heteroatoms. The van der Waals surface area contributed by atoms with E-state index in [0.29, 0.717) is 0 Å². The van der Waals surface area contributed by atoms with Crippen LogP contribution in [0.5, 0.6) is 0 Å². The summed E-state index contributed by atoms with van der Waals surface area (Å²) in [6.45, 7) is 0. The van der Waals surface area contributed by atoms with Crippen molar-refractivity contribution in [3.8, 4) is 44.5 Å². The van der Waals surface area contributed by atoms with E-state index in [2.05, 4.69) is 194 Å². The van der Waals surface area contributed by atoms with Gasteiger partial charge in [0, 0.05) is 0 Å². The Kier molecular flexibility index (Phi) is 6.60. The van der Waals surface area contributed by atoms with E-state index in [-0.39, 0.29) is 0 Å². The lowest BCUT2D eigenvalue weighted by molar-refractivity contribution is 1.61. The molecule has 0 spiro atoms. The average Bonchev–Trinajstić information content (AvgIpc) is 3.19. The summed E-state index contributed by atoms with van der Waals surface area (Å²) >= 11 is 0. The van der Waals surface area contributed by atoms with Crippen molar-refractivity contribution in [1.82, 2.24) is 0 Å². The number of hydrogen-bond donors (Lipinski definition) is 0. The van der Waals surface area contributed by atoms with E-state index in [1.807, 2.05) is 0 Å². The maximum atomic E-state index is 2.42. The van der Waals surface area contributed by atoms with Crippen molar-refractivity contribution in [3.63, 3.8) is 0 Å². The highest BCUT2D eigenvalue weighted by atomic mass is 14.2. The number of hydrogen-bond acceptors (Lipinski definition) is 0. The topological polar surface area (TPSA) is 0 Å². The third-order valence-electron chi connectivity index (χ3n) is 10.4. The molecule has 0 bridgehead atoms. The lowest BCUT2D eigenvalue weighted by Gasteiger charge is -2.20. The van der Waals surface area contributed by atoms with Crippen LogP contribution >= 0.6 is 0 Å². The van der Waals surface area contributed by atoms with Gasteiger partial charge in [0.1, 0.15) is 0 Å². The fraction of sp³-hybridized carbons (Fsp3) is 0. The first kappa shape index (κ1) is 28.5. The molecule has 0 unspecified atom stereocenters. The van der Waals surface area contributed by atoms with Gasteiger partial charge < -0.3 is 0 Å². The Balaban J connectivity index is 1.29. The second kappa shape index (κ2) is 11.6. The zero-order valence-corrected chi connectivity index (χ0v) is 27.5. The van der Waals surface area contributed by atoms with Gasteiger partial charge in [-0.1, -0.05) is 176 Å². The molecule has 50 heavy (non-hydrogen) atoms. The molecule has 0 N–H and O–H groups in total. The van der Waals surface area contributed by atoms with Crippen LogP contribution in [0.3, 0.4) is 0 Å². The van der Waals surface area contributed by atoms with Gasteiger partial charge in [-0.3, -0.25) is 0 Å². The van der Waals surface area contributed by atoms with Gasteiger partial charge in [0.25, 0.3) is 0 Å². The Morgan fingerprint density at radius 1 is 0.200 bits per heavy atom.